The van der Waals surface area contributed by atoms with Crippen molar-refractivity contribution in [1.29, 1.82) is 0 Å². The molecule has 10 heavy (non-hydrogen) atoms. The molecule has 2 bridgehead atoms. The van der Waals surface area contributed by atoms with Gasteiger partial charge in [0.05, 0.1) is 0 Å². The van der Waals surface area contributed by atoms with Crippen LogP contribution in [0.3, 0.4) is 0 Å². The molecule has 4 unspecified atom stereocenters. The summed E-state index contributed by atoms with van der Waals surface area (Å²) >= 11 is 0. The van der Waals surface area contributed by atoms with Crippen LogP contribution in [0, 0.1) is 23.2 Å². The Morgan fingerprint density at radius 2 is 2.50 bits per heavy atom. The maximum atomic E-state index is 2.51. The second-order valence-corrected chi connectivity index (χ2v) is 4.71. The quantitative estimate of drug-likeness (QED) is 0.444. The fourth-order valence-electron chi connectivity index (χ4n) is 4.35. The van der Waals surface area contributed by atoms with Gasteiger partial charge < -0.3 is 0 Å². The molecule has 0 aromatic rings. The Hall–Kier alpha value is -0.260. The smallest absolute Gasteiger partial charge is 0.0103 e. The predicted octanol–water partition coefficient (Wildman–Crippen LogP) is 2.36. The summed E-state index contributed by atoms with van der Waals surface area (Å²) in [6, 6.07) is 0. The molecule has 5 aliphatic rings. The third-order valence-corrected chi connectivity index (χ3v) is 4.76. The lowest BCUT2D eigenvalue weighted by molar-refractivity contribution is -0.0854. The molecule has 0 aromatic heterocycles. The first kappa shape index (κ1) is 4.58. The zero-order valence-electron chi connectivity index (χ0n) is 6.14. The first-order valence-corrected chi connectivity index (χ1v) is 4.62. The third kappa shape index (κ3) is 0.223. The maximum Gasteiger partial charge on any atom is -0.0103 e. The Balaban J connectivity index is 1.93. The van der Waals surface area contributed by atoms with E-state index in [1.54, 1.807) is 19.3 Å². The van der Waals surface area contributed by atoms with Crippen LogP contribution in [0.1, 0.15) is 25.7 Å². The van der Waals surface area contributed by atoms with E-state index in [2.05, 4.69) is 6.08 Å². The normalized spacial score (nSPS) is 66.4. The molecule has 0 amide bonds. The van der Waals surface area contributed by atoms with Crippen molar-refractivity contribution in [3.63, 3.8) is 0 Å². The van der Waals surface area contributed by atoms with Crippen LogP contribution < -0.4 is 0 Å². The number of hydrogen-bond acceptors (Lipinski definition) is 0. The van der Waals surface area contributed by atoms with Crippen LogP contribution >= 0.6 is 0 Å². The number of rotatable bonds is 0. The van der Waals surface area contributed by atoms with Gasteiger partial charge in [-0.2, -0.15) is 0 Å². The molecule has 0 aliphatic heterocycles. The van der Waals surface area contributed by atoms with Gasteiger partial charge in [0.2, 0.25) is 0 Å². The molecule has 0 nitrogen and oxygen atoms in total. The molecule has 4 saturated carbocycles. The van der Waals surface area contributed by atoms with Crippen molar-refractivity contribution < 1.29 is 0 Å². The summed E-state index contributed by atoms with van der Waals surface area (Å²) in [5.74, 6) is 3.39. The fraction of sp³-hybridized carbons (Fsp3) is 0.800. The Kier molecular flexibility index (Phi) is 0.464. The van der Waals surface area contributed by atoms with Gasteiger partial charge in [-0.05, 0) is 48.9 Å². The molecule has 0 heteroatoms. The zero-order chi connectivity index (χ0) is 6.34. The molecule has 0 aromatic carbocycles. The van der Waals surface area contributed by atoms with Crippen LogP contribution in [0.4, 0.5) is 0 Å². The standard InChI is InChI=1S/C10H12/c1-2-8-7(1)9-6-3-4-10(8,9)5-6/h1,6,8-9H,2-5H2. The molecule has 0 heterocycles. The van der Waals surface area contributed by atoms with Crippen molar-refractivity contribution in [2.45, 2.75) is 25.7 Å². The summed E-state index contributed by atoms with van der Waals surface area (Å²) in [5.41, 5.74) is 2.81. The lowest BCUT2D eigenvalue weighted by atomic mass is 9.36. The van der Waals surface area contributed by atoms with Gasteiger partial charge in [-0.15, -0.1) is 0 Å². The van der Waals surface area contributed by atoms with Gasteiger partial charge in [-0.25, -0.2) is 0 Å². The van der Waals surface area contributed by atoms with Crippen LogP contribution in [0.25, 0.3) is 0 Å². The first-order valence-electron chi connectivity index (χ1n) is 4.62. The van der Waals surface area contributed by atoms with E-state index in [1.165, 1.54) is 6.42 Å². The van der Waals surface area contributed by atoms with Crippen molar-refractivity contribution in [1.82, 2.24) is 0 Å². The molecule has 0 saturated heterocycles. The third-order valence-electron chi connectivity index (χ3n) is 4.76. The molecule has 4 atom stereocenters. The van der Waals surface area contributed by atoms with E-state index in [-0.39, 0.29) is 0 Å². The Labute approximate surface area is 61.3 Å². The Morgan fingerprint density at radius 1 is 1.50 bits per heavy atom. The summed E-state index contributed by atoms with van der Waals surface area (Å²) in [5, 5.41) is 0. The van der Waals surface area contributed by atoms with Gasteiger partial charge >= 0.3 is 0 Å². The van der Waals surface area contributed by atoms with E-state index in [1.807, 2.05) is 5.57 Å². The van der Waals surface area contributed by atoms with Gasteiger partial charge in [0.25, 0.3) is 0 Å². The highest BCUT2D eigenvalue weighted by atomic mass is 14.8. The van der Waals surface area contributed by atoms with Gasteiger partial charge in [0.1, 0.15) is 0 Å². The topological polar surface area (TPSA) is 0 Å². The van der Waals surface area contributed by atoms with Crippen LogP contribution in [0.15, 0.2) is 11.6 Å². The first-order chi connectivity index (χ1) is 4.92. The van der Waals surface area contributed by atoms with Crippen LogP contribution in [0.2, 0.25) is 0 Å². The van der Waals surface area contributed by atoms with E-state index in [9.17, 15) is 0 Å². The van der Waals surface area contributed by atoms with Crippen molar-refractivity contribution in [3.05, 3.63) is 11.6 Å². The monoisotopic (exact) mass is 132 g/mol. The molecule has 5 rings (SSSR count). The average molecular weight is 132 g/mol. The van der Waals surface area contributed by atoms with E-state index in [0.717, 1.165) is 23.2 Å². The van der Waals surface area contributed by atoms with E-state index in [4.69, 9.17) is 0 Å². The van der Waals surface area contributed by atoms with E-state index in [0.29, 0.717) is 0 Å². The molecule has 0 radical (unpaired) electrons. The summed E-state index contributed by atoms with van der Waals surface area (Å²) < 4.78 is 0. The molecule has 4 fully saturated rings. The second kappa shape index (κ2) is 1.01. The largest absolute Gasteiger partial charge is 0.0841 e. The summed E-state index contributed by atoms with van der Waals surface area (Å²) in [4.78, 5) is 0. The van der Waals surface area contributed by atoms with Gasteiger partial charge in [-0.3, -0.25) is 0 Å². The Bertz CT molecular complexity index is 247. The van der Waals surface area contributed by atoms with Gasteiger partial charge in [0.15, 0.2) is 0 Å². The predicted molar refractivity (Wildman–Crippen MR) is 39.5 cm³/mol. The summed E-state index contributed by atoms with van der Waals surface area (Å²) in [6.45, 7) is 0. The van der Waals surface area contributed by atoms with Crippen molar-refractivity contribution in [2.75, 3.05) is 0 Å². The minimum Gasteiger partial charge on any atom is -0.0841 e. The summed E-state index contributed by atoms with van der Waals surface area (Å²) in [6.07, 6.45) is 8.71. The highest BCUT2D eigenvalue weighted by Crippen LogP contribution is 2.81. The second-order valence-electron chi connectivity index (χ2n) is 4.71. The van der Waals surface area contributed by atoms with Crippen molar-refractivity contribution in [2.24, 2.45) is 23.2 Å². The molecule has 0 N–H and O–H groups in total. The molecular weight excluding hydrogens is 120 g/mol. The van der Waals surface area contributed by atoms with Crippen LogP contribution in [-0.2, 0) is 0 Å². The van der Waals surface area contributed by atoms with E-state index >= 15 is 0 Å². The van der Waals surface area contributed by atoms with Gasteiger partial charge in [-0.1, -0.05) is 11.6 Å². The highest BCUT2D eigenvalue weighted by Gasteiger charge is 2.73. The van der Waals surface area contributed by atoms with Crippen molar-refractivity contribution >= 4 is 0 Å². The van der Waals surface area contributed by atoms with Crippen LogP contribution in [-0.4, -0.2) is 0 Å². The minimum absolute atomic E-state index is 0.925. The van der Waals surface area contributed by atoms with Crippen molar-refractivity contribution in [3.8, 4) is 0 Å². The SMILES string of the molecule is C1=C2C(C1)C13CCC(C1)C23. The average Bonchev–Trinajstić information content (AvgIpc) is 2.35. The lowest BCUT2D eigenvalue weighted by Gasteiger charge is -2.68. The molecule has 1 spiro atoms. The zero-order valence-corrected chi connectivity index (χ0v) is 6.14. The Morgan fingerprint density at radius 3 is 3.10 bits per heavy atom. The lowest BCUT2D eigenvalue weighted by Crippen LogP contribution is -2.60. The molecule has 52 valence electrons. The minimum atomic E-state index is 0.925. The fourth-order valence-corrected chi connectivity index (χ4v) is 4.35. The van der Waals surface area contributed by atoms with Gasteiger partial charge in [0, 0.05) is 0 Å². The number of fused-ring (bicyclic) bond motifs is 2. The van der Waals surface area contributed by atoms with E-state index < -0.39 is 0 Å². The van der Waals surface area contributed by atoms with Crippen LogP contribution in [0.5, 0.6) is 0 Å². The molecular formula is C10H12. The highest BCUT2D eigenvalue weighted by molar-refractivity contribution is 5.44. The molecule has 5 aliphatic carbocycles. The maximum absolute atomic E-state index is 2.51. The summed E-state index contributed by atoms with van der Waals surface area (Å²) in [7, 11) is 0. The number of hydrogen-bond donors (Lipinski definition) is 0. The number of allylic oxidation sites excluding steroid dienone is 2.